The third-order valence-corrected chi connectivity index (χ3v) is 2.03. The summed E-state index contributed by atoms with van der Waals surface area (Å²) in [5.41, 5.74) is 2.81. The van der Waals surface area contributed by atoms with Crippen molar-refractivity contribution in [3.8, 4) is 0 Å². The van der Waals surface area contributed by atoms with Crippen LogP contribution in [0.1, 0.15) is 11.1 Å². The van der Waals surface area contributed by atoms with Crippen molar-refractivity contribution in [2.45, 2.75) is 6.42 Å². The Morgan fingerprint density at radius 3 is 2.73 bits per heavy atom. The normalized spacial score (nSPS) is 15.3. The Morgan fingerprint density at radius 2 is 2.00 bits per heavy atom. The first-order valence-electron chi connectivity index (χ1n) is 3.59. The monoisotopic (exact) mass is 144 g/mol. The minimum absolute atomic E-state index is 0.159. The molecule has 0 fully saturated rings. The van der Waals surface area contributed by atoms with E-state index in [2.05, 4.69) is 6.58 Å². The van der Waals surface area contributed by atoms with Gasteiger partial charge in [-0.05, 0) is 11.1 Å². The van der Waals surface area contributed by atoms with Gasteiger partial charge in [0.25, 0.3) is 0 Å². The summed E-state index contributed by atoms with van der Waals surface area (Å²) in [6.07, 6.45) is 0.537. The minimum Gasteiger partial charge on any atom is -0.294 e. The standard InChI is InChI=1S/C10H8O/c1-7-9-5-3-2-4-8(9)6-10(7)11/h2-5H,1,6H2. The molecule has 0 aliphatic heterocycles. The Kier molecular flexibility index (Phi) is 1.19. The highest BCUT2D eigenvalue weighted by Gasteiger charge is 2.21. The number of rotatable bonds is 0. The van der Waals surface area contributed by atoms with E-state index in [0.717, 1.165) is 11.1 Å². The van der Waals surface area contributed by atoms with Crippen molar-refractivity contribution < 1.29 is 4.79 Å². The van der Waals surface area contributed by atoms with Gasteiger partial charge in [0.1, 0.15) is 0 Å². The summed E-state index contributed by atoms with van der Waals surface area (Å²) >= 11 is 0. The highest BCUT2D eigenvalue weighted by molar-refractivity contribution is 6.24. The Balaban J connectivity index is 2.64. The quantitative estimate of drug-likeness (QED) is 0.507. The van der Waals surface area contributed by atoms with Crippen LogP contribution in [0.4, 0.5) is 0 Å². The first-order valence-corrected chi connectivity index (χ1v) is 3.59. The Hall–Kier alpha value is -1.37. The molecule has 1 aliphatic carbocycles. The highest BCUT2D eigenvalue weighted by Crippen LogP contribution is 2.26. The van der Waals surface area contributed by atoms with Gasteiger partial charge in [-0.1, -0.05) is 30.8 Å². The molecule has 11 heavy (non-hydrogen) atoms. The molecule has 0 radical (unpaired) electrons. The molecule has 1 aliphatic rings. The van der Waals surface area contributed by atoms with Gasteiger partial charge in [-0.15, -0.1) is 0 Å². The van der Waals surface area contributed by atoms with Gasteiger partial charge >= 0.3 is 0 Å². The van der Waals surface area contributed by atoms with Crippen molar-refractivity contribution in [3.63, 3.8) is 0 Å². The van der Waals surface area contributed by atoms with E-state index in [9.17, 15) is 4.79 Å². The van der Waals surface area contributed by atoms with Crippen molar-refractivity contribution >= 4 is 11.4 Å². The zero-order chi connectivity index (χ0) is 7.84. The summed E-state index contributed by atoms with van der Waals surface area (Å²) in [6.45, 7) is 3.73. The molecule has 1 nitrogen and oxygen atoms in total. The molecular formula is C10H8O. The number of carbonyl (C=O) groups is 1. The molecule has 1 heteroatoms. The lowest BCUT2D eigenvalue weighted by Gasteiger charge is -1.94. The minimum atomic E-state index is 0.159. The maximum absolute atomic E-state index is 11.1. The van der Waals surface area contributed by atoms with E-state index < -0.39 is 0 Å². The van der Waals surface area contributed by atoms with Crippen LogP contribution >= 0.6 is 0 Å². The van der Waals surface area contributed by atoms with Gasteiger partial charge in [0.2, 0.25) is 0 Å². The van der Waals surface area contributed by atoms with Gasteiger partial charge in [-0.2, -0.15) is 0 Å². The van der Waals surface area contributed by atoms with Gasteiger partial charge in [-0.3, -0.25) is 4.79 Å². The fourth-order valence-corrected chi connectivity index (χ4v) is 1.40. The summed E-state index contributed by atoms with van der Waals surface area (Å²) in [4.78, 5) is 11.1. The van der Waals surface area contributed by atoms with Gasteiger partial charge < -0.3 is 0 Å². The second kappa shape index (κ2) is 2.06. The molecule has 0 saturated carbocycles. The van der Waals surface area contributed by atoms with Crippen LogP contribution in [0, 0.1) is 0 Å². The number of allylic oxidation sites excluding steroid dienone is 1. The van der Waals surface area contributed by atoms with Gasteiger partial charge in [-0.25, -0.2) is 0 Å². The second-order valence-corrected chi connectivity index (χ2v) is 2.74. The molecule has 2 rings (SSSR count). The lowest BCUT2D eigenvalue weighted by atomic mass is 10.1. The molecule has 54 valence electrons. The van der Waals surface area contributed by atoms with E-state index in [4.69, 9.17) is 0 Å². The highest BCUT2D eigenvalue weighted by atomic mass is 16.1. The topological polar surface area (TPSA) is 17.1 Å². The van der Waals surface area contributed by atoms with Gasteiger partial charge in [0.05, 0.1) is 0 Å². The number of Topliss-reactive ketones (excluding diaryl/α,β-unsaturated/α-hetero) is 1. The maximum atomic E-state index is 11.1. The van der Waals surface area contributed by atoms with E-state index in [1.54, 1.807) is 0 Å². The Bertz CT molecular complexity index is 336. The second-order valence-electron chi connectivity index (χ2n) is 2.74. The molecule has 0 saturated heterocycles. The van der Waals surface area contributed by atoms with Crippen LogP contribution in [0.3, 0.4) is 0 Å². The van der Waals surface area contributed by atoms with Crippen LogP contribution in [-0.2, 0) is 11.2 Å². The average molecular weight is 144 g/mol. The van der Waals surface area contributed by atoms with Crippen LogP contribution in [0.25, 0.3) is 5.57 Å². The summed E-state index contributed by atoms with van der Waals surface area (Å²) in [7, 11) is 0. The van der Waals surface area contributed by atoms with Crippen LogP contribution in [0.2, 0.25) is 0 Å². The predicted octanol–water partition coefficient (Wildman–Crippen LogP) is 1.83. The van der Waals surface area contributed by atoms with Crippen LogP contribution in [0.5, 0.6) is 0 Å². The molecule has 0 aromatic heterocycles. The third-order valence-electron chi connectivity index (χ3n) is 2.03. The van der Waals surface area contributed by atoms with E-state index in [1.807, 2.05) is 24.3 Å². The fraction of sp³-hybridized carbons (Fsp3) is 0.100. The lowest BCUT2D eigenvalue weighted by Crippen LogP contribution is -1.91. The van der Waals surface area contributed by atoms with Crippen molar-refractivity contribution in [2.75, 3.05) is 0 Å². The number of fused-ring (bicyclic) bond motifs is 1. The van der Waals surface area contributed by atoms with Gasteiger partial charge in [0, 0.05) is 12.0 Å². The number of carbonyl (C=O) groups excluding carboxylic acids is 1. The van der Waals surface area contributed by atoms with Crippen molar-refractivity contribution in [1.29, 1.82) is 0 Å². The molecule has 1 aromatic rings. The first kappa shape index (κ1) is 6.35. The molecule has 1 aromatic carbocycles. The molecule has 0 unspecified atom stereocenters. The van der Waals surface area contributed by atoms with E-state index in [1.165, 1.54) is 0 Å². The number of hydrogen-bond donors (Lipinski definition) is 0. The van der Waals surface area contributed by atoms with Gasteiger partial charge in [0.15, 0.2) is 5.78 Å². The van der Waals surface area contributed by atoms with Crippen LogP contribution in [0.15, 0.2) is 30.8 Å². The fourth-order valence-electron chi connectivity index (χ4n) is 1.40. The molecule has 0 bridgehead atoms. The molecule has 0 spiro atoms. The SMILES string of the molecule is C=C1C(=O)Cc2ccccc21. The zero-order valence-electron chi connectivity index (χ0n) is 6.13. The maximum Gasteiger partial charge on any atom is 0.167 e. The lowest BCUT2D eigenvalue weighted by molar-refractivity contribution is -0.112. The Morgan fingerprint density at radius 1 is 1.27 bits per heavy atom. The average Bonchev–Trinajstić information content (AvgIpc) is 2.30. The van der Waals surface area contributed by atoms with E-state index in [0.29, 0.717) is 12.0 Å². The number of hydrogen-bond acceptors (Lipinski definition) is 1. The van der Waals surface area contributed by atoms with Crippen LogP contribution in [-0.4, -0.2) is 5.78 Å². The van der Waals surface area contributed by atoms with Crippen LogP contribution < -0.4 is 0 Å². The summed E-state index contributed by atoms with van der Waals surface area (Å²) in [5, 5.41) is 0. The van der Waals surface area contributed by atoms with E-state index in [-0.39, 0.29) is 5.78 Å². The zero-order valence-corrected chi connectivity index (χ0v) is 6.13. The van der Waals surface area contributed by atoms with Crippen molar-refractivity contribution in [3.05, 3.63) is 42.0 Å². The molecule has 0 atom stereocenters. The van der Waals surface area contributed by atoms with Crippen molar-refractivity contribution in [2.24, 2.45) is 0 Å². The number of ketones is 1. The molecular weight excluding hydrogens is 136 g/mol. The van der Waals surface area contributed by atoms with Crippen molar-refractivity contribution in [1.82, 2.24) is 0 Å². The first-order chi connectivity index (χ1) is 5.29. The number of benzene rings is 1. The molecule has 0 N–H and O–H groups in total. The smallest absolute Gasteiger partial charge is 0.167 e. The molecule has 0 heterocycles. The summed E-state index contributed by atoms with van der Waals surface area (Å²) < 4.78 is 0. The molecule has 0 amide bonds. The summed E-state index contributed by atoms with van der Waals surface area (Å²) in [6, 6.07) is 7.81. The third kappa shape index (κ3) is 0.811. The van der Waals surface area contributed by atoms with E-state index >= 15 is 0 Å². The largest absolute Gasteiger partial charge is 0.294 e. The predicted molar refractivity (Wildman–Crippen MR) is 44.2 cm³/mol. The Labute approximate surface area is 65.4 Å². The summed E-state index contributed by atoms with van der Waals surface area (Å²) in [5.74, 6) is 0.159.